The van der Waals surface area contributed by atoms with Crippen LogP contribution in [0.2, 0.25) is 0 Å². The van der Waals surface area contributed by atoms with Crippen LogP contribution in [0.15, 0.2) is 102 Å². The van der Waals surface area contributed by atoms with E-state index in [9.17, 15) is 0 Å². The summed E-state index contributed by atoms with van der Waals surface area (Å²) in [4.78, 5) is 4.15. The average molecular weight is 554 g/mol. The molecule has 0 atom stereocenters. The fourth-order valence-corrected chi connectivity index (χ4v) is 5.16. The molecule has 37 heavy (non-hydrogen) atoms. The fourth-order valence-electron chi connectivity index (χ4n) is 4.76. The van der Waals surface area contributed by atoms with Gasteiger partial charge in [-0.05, 0) is 70.4 Å². The summed E-state index contributed by atoms with van der Waals surface area (Å²) in [5.41, 5.74) is 7.47. The van der Waals surface area contributed by atoms with Gasteiger partial charge in [-0.15, -0.1) is 0 Å². The van der Waals surface area contributed by atoms with Gasteiger partial charge in [0.25, 0.3) is 0 Å². The SMILES string of the molecule is CCCCCCCCn1nc2c(Br)ccc(-c3ccc(N(c4ccccc4)c4ccccc4)cc3)c2n1. The molecule has 0 fully saturated rings. The van der Waals surface area contributed by atoms with Crippen molar-refractivity contribution < 1.29 is 0 Å². The summed E-state index contributed by atoms with van der Waals surface area (Å²) in [7, 11) is 0. The Bertz CT molecular complexity index is 1370. The number of nitrogens with zero attached hydrogens (tertiary/aromatic N) is 4. The van der Waals surface area contributed by atoms with E-state index in [1.165, 1.54) is 32.1 Å². The number of hydrogen-bond donors (Lipinski definition) is 0. The Labute approximate surface area is 228 Å². The molecule has 0 aliphatic carbocycles. The second kappa shape index (κ2) is 12.2. The van der Waals surface area contributed by atoms with Crippen molar-refractivity contribution in [3.8, 4) is 11.1 Å². The minimum absolute atomic E-state index is 0.856. The van der Waals surface area contributed by atoms with E-state index >= 15 is 0 Å². The topological polar surface area (TPSA) is 34.0 Å². The van der Waals surface area contributed by atoms with E-state index in [1.54, 1.807) is 0 Å². The Morgan fingerprint density at radius 2 is 1.19 bits per heavy atom. The molecule has 0 spiro atoms. The lowest BCUT2D eigenvalue weighted by Crippen LogP contribution is -2.09. The van der Waals surface area contributed by atoms with E-state index in [4.69, 9.17) is 10.2 Å². The van der Waals surface area contributed by atoms with Crippen molar-refractivity contribution in [1.82, 2.24) is 15.0 Å². The van der Waals surface area contributed by atoms with Crippen molar-refractivity contribution in [3.63, 3.8) is 0 Å². The van der Waals surface area contributed by atoms with Crippen LogP contribution in [0.3, 0.4) is 0 Å². The summed E-state index contributed by atoms with van der Waals surface area (Å²) < 4.78 is 0.983. The summed E-state index contributed by atoms with van der Waals surface area (Å²) in [6.45, 7) is 3.11. The van der Waals surface area contributed by atoms with Gasteiger partial charge < -0.3 is 4.90 Å². The Morgan fingerprint density at radius 3 is 1.84 bits per heavy atom. The molecule has 4 nitrogen and oxygen atoms in total. The van der Waals surface area contributed by atoms with E-state index < -0.39 is 0 Å². The van der Waals surface area contributed by atoms with Crippen LogP contribution in [-0.2, 0) is 6.54 Å². The number of unbranched alkanes of at least 4 members (excludes halogenated alkanes) is 5. The van der Waals surface area contributed by atoms with E-state index in [0.29, 0.717) is 0 Å². The third-order valence-electron chi connectivity index (χ3n) is 6.71. The van der Waals surface area contributed by atoms with Gasteiger partial charge in [0, 0.05) is 27.1 Å². The predicted molar refractivity (Wildman–Crippen MR) is 159 cm³/mol. The molecule has 188 valence electrons. The van der Waals surface area contributed by atoms with Crippen molar-refractivity contribution in [3.05, 3.63) is 102 Å². The maximum atomic E-state index is 4.90. The van der Waals surface area contributed by atoms with Crippen LogP contribution >= 0.6 is 15.9 Å². The maximum absolute atomic E-state index is 4.90. The molecule has 5 rings (SSSR count). The molecule has 0 aliphatic heterocycles. The molecule has 0 radical (unpaired) electrons. The zero-order chi connectivity index (χ0) is 25.5. The van der Waals surface area contributed by atoms with Crippen LogP contribution in [-0.4, -0.2) is 15.0 Å². The number of aryl methyl sites for hydroxylation is 1. The first-order chi connectivity index (χ1) is 18.2. The second-order valence-electron chi connectivity index (χ2n) is 9.41. The molecule has 1 heterocycles. The lowest BCUT2D eigenvalue weighted by atomic mass is 10.0. The van der Waals surface area contributed by atoms with Crippen LogP contribution in [0.25, 0.3) is 22.2 Å². The quantitative estimate of drug-likeness (QED) is 0.153. The lowest BCUT2D eigenvalue weighted by molar-refractivity contribution is 0.488. The first kappa shape index (κ1) is 25.2. The van der Waals surface area contributed by atoms with Crippen LogP contribution in [0, 0.1) is 0 Å². The number of aromatic nitrogens is 3. The molecule has 0 amide bonds. The molecule has 5 aromatic rings. The molecule has 0 N–H and O–H groups in total. The summed E-state index contributed by atoms with van der Waals surface area (Å²) >= 11 is 3.69. The Kier molecular flexibility index (Phi) is 8.32. The van der Waals surface area contributed by atoms with Crippen molar-refractivity contribution >= 4 is 44.0 Å². The zero-order valence-electron chi connectivity index (χ0n) is 21.4. The van der Waals surface area contributed by atoms with Crippen LogP contribution < -0.4 is 4.90 Å². The van der Waals surface area contributed by atoms with Crippen LogP contribution in [0.4, 0.5) is 17.1 Å². The van der Waals surface area contributed by atoms with Gasteiger partial charge >= 0.3 is 0 Å². The number of para-hydroxylation sites is 2. The number of benzene rings is 4. The minimum atomic E-state index is 0.856. The summed E-state index contributed by atoms with van der Waals surface area (Å²) in [6.07, 6.45) is 7.56. The molecule has 0 unspecified atom stereocenters. The molecular weight excluding hydrogens is 520 g/mol. The lowest BCUT2D eigenvalue weighted by Gasteiger charge is -2.25. The molecule has 0 saturated carbocycles. The highest BCUT2D eigenvalue weighted by Crippen LogP contribution is 2.37. The highest BCUT2D eigenvalue weighted by Gasteiger charge is 2.15. The van der Waals surface area contributed by atoms with E-state index in [2.05, 4.69) is 113 Å². The third kappa shape index (κ3) is 5.94. The van der Waals surface area contributed by atoms with Gasteiger partial charge in [0.05, 0.1) is 6.54 Å². The summed E-state index contributed by atoms with van der Waals surface area (Å²) in [5, 5.41) is 9.71. The third-order valence-corrected chi connectivity index (χ3v) is 7.35. The number of hydrogen-bond acceptors (Lipinski definition) is 3. The van der Waals surface area contributed by atoms with Gasteiger partial charge in [-0.2, -0.15) is 15.0 Å². The first-order valence-electron chi connectivity index (χ1n) is 13.3. The Hall–Kier alpha value is -3.44. The van der Waals surface area contributed by atoms with Gasteiger partial charge in [-0.1, -0.05) is 93.6 Å². The largest absolute Gasteiger partial charge is 0.311 e. The second-order valence-corrected chi connectivity index (χ2v) is 10.3. The molecule has 0 saturated heterocycles. The monoisotopic (exact) mass is 552 g/mol. The fraction of sp³-hybridized carbons (Fsp3) is 0.250. The molecule has 5 heteroatoms. The number of fused-ring (bicyclic) bond motifs is 1. The van der Waals surface area contributed by atoms with Crippen molar-refractivity contribution in [1.29, 1.82) is 0 Å². The van der Waals surface area contributed by atoms with Crippen molar-refractivity contribution in [2.24, 2.45) is 0 Å². The predicted octanol–water partition coefficient (Wildman–Crippen LogP) is 9.69. The van der Waals surface area contributed by atoms with Gasteiger partial charge in [-0.25, -0.2) is 0 Å². The van der Waals surface area contributed by atoms with Gasteiger partial charge in [0.15, 0.2) is 0 Å². The maximum Gasteiger partial charge on any atom is 0.128 e. The Morgan fingerprint density at radius 1 is 0.622 bits per heavy atom. The van der Waals surface area contributed by atoms with Gasteiger partial charge in [0.1, 0.15) is 11.0 Å². The normalized spacial score (nSPS) is 11.2. The standard InChI is InChI=1S/C32H33BrN4/c1-2-3-4-5-6-13-24-36-34-31-29(22-23-30(33)32(31)35-36)25-18-20-28(21-19-25)37(26-14-9-7-10-15-26)27-16-11-8-12-17-27/h7-12,14-23H,2-6,13,24H2,1H3. The highest BCUT2D eigenvalue weighted by molar-refractivity contribution is 9.10. The van der Waals surface area contributed by atoms with Gasteiger partial charge in [-0.3, -0.25) is 0 Å². The Balaban J connectivity index is 1.41. The zero-order valence-corrected chi connectivity index (χ0v) is 22.9. The number of halogens is 1. The first-order valence-corrected chi connectivity index (χ1v) is 14.1. The summed E-state index contributed by atoms with van der Waals surface area (Å²) in [6, 6.07) is 33.9. The van der Waals surface area contributed by atoms with Gasteiger partial charge in [0.2, 0.25) is 0 Å². The minimum Gasteiger partial charge on any atom is -0.311 e. The molecular formula is C32H33BrN4. The smallest absolute Gasteiger partial charge is 0.128 e. The number of anilines is 3. The van der Waals surface area contributed by atoms with E-state index in [-0.39, 0.29) is 0 Å². The molecule has 4 aromatic carbocycles. The van der Waals surface area contributed by atoms with Crippen molar-refractivity contribution in [2.75, 3.05) is 4.90 Å². The van der Waals surface area contributed by atoms with E-state index in [1.807, 2.05) is 16.9 Å². The highest BCUT2D eigenvalue weighted by atomic mass is 79.9. The molecule has 0 aliphatic rings. The average Bonchev–Trinajstić information content (AvgIpc) is 3.38. The molecule has 1 aromatic heterocycles. The van der Waals surface area contributed by atoms with Crippen LogP contribution in [0.5, 0.6) is 0 Å². The summed E-state index contributed by atoms with van der Waals surface area (Å²) in [5.74, 6) is 0. The van der Waals surface area contributed by atoms with Crippen LogP contribution in [0.1, 0.15) is 45.4 Å². The molecule has 0 bridgehead atoms. The number of rotatable bonds is 11. The van der Waals surface area contributed by atoms with E-state index in [0.717, 1.165) is 56.7 Å². The van der Waals surface area contributed by atoms with Crippen molar-refractivity contribution in [2.45, 2.75) is 52.0 Å².